The van der Waals surface area contributed by atoms with Crippen LogP contribution in [0.25, 0.3) is 0 Å². The van der Waals surface area contributed by atoms with Gasteiger partial charge in [0.05, 0.1) is 13.1 Å². The molecule has 8 heteroatoms. The number of nitrogens with one attached hydrogen (secondary N) is 2. The van der Waals surface area contributed by atoms with Crippen LogP contribution in [0.2, 0.25) is 0 Å². The minimum absolute atomic E-state index is 0.0913. The second-order valence-electron chi connectivity index (χ2n) is 6.64. The quantitative estimate of drug-likeness (QED) is 0.471. The summed E-state index contributed by atoms with van der Waals surface area (Å²) < 4.78 is 35.1. The van der Waals surface area contributed by atoms with E-state index in [1.54, 1.807) is 38.1 Å². The first-order valence-electron chi connectivity index (χ1n) is 9.07. The number of alkyl halides is 2. The number of ether oxygens (including phenoxy) is 1. The Balaban J connectivity index is 2.10. The largest absolute Gasteiger partial charge is 0.466 e. The summed E-state index contributed by atoms with van der Waals surface area (Å²) >= 11 is 0. The Kier molecular flexibility index (Phi) is 7.39. The second-order valence-corrected chi connectivity index (χ2v) is 6.64. The number of benzene rings is 1. The molecule has 1 unspecified atom stereocenters. The van der Waals surface area contributed by atoms with Crippen LogP contribution in [0.4, 0.5) is 8.78 Å². The number of aryl methyl sites for hydroxylation is 2. The van der Waals surface area contributed by atoms with Crippen LogP contribution in [0.5, 0.6) is 5.75 Å². The van der Waals surface area contributed by atoms with E-state index in [1.807, 2.05) is 13.8 Å². The highest BCUT2D eigenvalue weighted by Gasteiger charge is 2.27. The molecular weight excluding hydrogens is 368 g/mol. The van der Waals surface area contributed by atoms with Gasteiger partial charge in [0.25, 0.3) is 0 Å². The normalized spacial score (nSPS) is 14.1. The van der Waals surface area contributed by atoms with Crippen molar-refractivity contribution < 1.29 is 23.0 Å². The Morgan fingerprint density at radius 3 is 2.61 bits per heavy atom. The lowest BCUT2D eigenvalue weighted by Crippen LogP contribution is -2.44. The molecule has 1 atom stereocenters. The van der Waals surface area contributed by atoms with E-state index in [9.17, 15) is 13.9 Å². The Morgan fingerprint density at radius 1 is 1.29 bits per heavy atom. The zero-order valence-corrected chi connectivity index (χ0v) is 16.6. The zero-order chi connectivity index (χ0) is 20.7. The van der Waals surface area contributed by atoms with Gasteiger partial charge in [0, 0.05) is 17.7 Å². The van der Waals surface area contributed by atoms with Crippen LogP contribution in [0.3, 0.4) is 0 Å². The lowest BCUT2D eigenvalue weighted by Gasteiger charge is -2.24. The van der Waals surface area contributed by atoms with Crippen molar-refractivity contribution in [1.82, 2.24) is 10.6 Å². The molecule has 0 saturated carbocycles. The third-order valence-electron chi connectivity index (χ3n) is 4.16. The van der Waals surface area contributed by atoms with Gasteiger partial charge in [-0.2, -0.15) is 8.78 Å². The molecule has 1 aromatic carbocycles. The molecule has 28 heavy (non-hydrogen) atoms. The molecule has 1 heterocycles. The first-order chi connectivity index (χ1) is 13.2. The molecule has 0 aliphatic carbocycles. The fourth-order valence-electron chi connectivity index (χ4n) is 2.87. The van der Waals surface area contributed by atoms with Crippen molar-refractivity contribution in [3.63, 3.8) is 0 Å². The molecule has 154 valence electrons. The Hall–Kier alpha value is -2.61. The lowest BCUT2D eigenvalue weighted by atomic mass is 9.96. The number of nitrogens with zero attached hydrogens (tertiary/aromatic N) is 1. The minimum Gasteiger partial charge on any atom is -0.466 e. The molecule has 0 bridgehead atoms. The smallest absolute Gasteiger partial charge is 0.387 e. The predicted molar refractivity (Wildman–Crippen MR) is 104 cm³/mol. The molecule has 0 aliphatic rings. The number of para-hydroxylation sites is 1. The molecule has 3 N–H and O–H groups in total. The molecule has 2 aromatic rings. The van der Waals surface area contributed by atoms with Crippen LogP contribution in [0, 0.1) is 13.8 Å². The number of hydrogen-bond donors (Lipinski definition) is 3. The van der Waals surface area contributed by atoms with Gasteiger partial charge in [0.15, 0.2) is 5.96 Å². The van der Waals surface area contributed by atoms with E-state index < -0.39 is 12.2 Å². The number of aliphatic hydroxyl groups is 1. The topological polar surface area (TPSA) is 79.0 Å². The van der Waals surface area contributed by atoms with Crippen molar-refractivity contribution in [2.75, 3.05) is 13.1 Å². The number of halogens is 2. The summed E-state index contributed by atoms with van der Waals surface area (Å²) in [6.45, 7) is 5.26. The number of furan rings is 1. The fraction of sp³-hybridized carbons (Fsp3) is 0.450. The molecule has 1 aromatic heterocycles. The maximum Gasteiger partial charge on any atom is 0.387 e. The van der Waals surface area contributed by atoms with Crippen molar-refractivity contribution in [3.05, 3.63) is 53.0 Å². The van der Waals surface area contributed by atoms with Gasteiger partial charge >= 0.3 is 6.61 Å². The van der Waals surface area contributed by atoms with Crippen molar-refractivity contribution in [2.24, 2.45) is 4.99 Å². The molecule has 0 amide bonds. The van der Waals surface area contributed by atoms with Gasteiger partial charge in [0.1, 0.15) is 22.9 Å². The van der Waals surface area contributed by atoms with Gasteiger partial charge < -0.3 is 24.9 Å². The Labute approximate surface area is 163 Å². The van der Waals surface area contributed by atoms with Gasteiger partial charge in [-0.05, 0) is 39.8 Å². The summed E-state index contributed by atoms with van der Waals surface area (Å²) in [6.07, 6.45) is 0. The van der Waals surface area contributed by atoms with Gasteiger partial charge in [-0.25, -0.2) is 4.99 Å². The maximum atomic E-state index is 12.5. The summed E-state index contributed by atoms with van der Waals surface area (Å²) in [6, 6.07) is 8.32. The van der Waals surface area contributed by atoms with Crippen LogP contribution in [0.1, 0.15) is 36.5 Å². The first kappa shape index (κ1) is 21.7. The average Bonchev–Trinajstić information content (AvgIpc) is 2.97. The standard InChI is InChI=1S/C20H27F2N3O3/c1-5-23-19(24-11-15-8-6-7-9-17(15)28-18(21)22)25-12-20(4,26)16-10-13(2)27-14(16)3/h6-10,18,26H,5,11-12H2,1-4H3,(H2,23,24,25). The van der Waals surface area contributed by atoms with Crippen molar-refractivity contribution in [2.45, 2.75) is 46.5 Å². The first-order valence-corrected chi connectivity index (χ1v) is 9.07. The van der Waals surface area contributed by atoms with Crippen LogP contribution >= 0.6 is 0 Å². The molecule has 0 fully saturated rings. The molecule has 0 saturated heterocycles. The van der Waals surface area contributed by atoms with Crippen LogP contribution in [-0.4, -0.2) is 30.8 Å². The summed E-state index contributed by atoms with van der Waals surface area (Å²) in [5, 5.41) is 17.0. The summed E-state index contributed by atoms with van der Waals surface area (Å²) in [4.78, 5) is 4.41. The van der Waals surface area contributed by atoms with Crippen molar-refractivity contribution in [3.8, 4) is 5.75 Å². The van der Waals surface area contributed by atoms with Gasteiger partial charge in [-0.15, -0.1) is 0 Å². The highest BCUT2D eigenvalue weighted by Crippen LogP contribution is 2.26. The van der Waals surface area contributed by atoms with E-state index in [2.05, 4.69) is 20.4 Å². The molecule has 2 rings (SSSR count). The highest BCUT2D eigenvalue weighted by molar-refractivity contribution is 5.79. The molecule has 0 spiro atoms. The fourth-order valence-corrected chi connectivity index (χ4v) is 2.87. The maximum absolute atomic E-state index is 12.5. The van der Waals surface area contributed by atoms with Crippen LogP contribution in [-0.2, 0) is 12.1 Å². The lowest BCUT2D eigenvalue weighted by molar-refractivity contribution is -0.0504. The van der Waals surface area contributed by atoms with Crippen molar-refractivity contribution >= 4 is 5.96 Å². The Bertz CT molecular complexity index is 804. The minimum atomic E-state index is -2.90. The van der Waals surface area contributed by atoms with Gasteiger partial charge in [-0.3, -0.25) is 0 Å². The zero-order valence-electron chi connectivity index (χ0n) is 16.6. The van der Waals surface area contributed by atoms with E-state index in [0.717, 1.165) is 5.76 Å². The third kappa shape index (κ3) is 5.95. The highest BCUT2D eigenvalue weighted by atomic mass is 19.3. The van der Waals surface area contributed by atoms with E-state index in [0.29, 0.717) is 29.4 Å². The molecule has 6 nitrogen and oxygen atoms in total. The number of guanidine groups is 1. The monoisotopic (exact) mass is 395 g/mol. The third-order valence-corrected chi connectivity index (χ3v) is 4.16. The summed E-state index contributed by atoms with van der Waals surface area (Å²) in [5.41, 5.74) is 0.0615. The Morgan fingerprint density at radius 2 is 2.00 bits per heavy atom. The van der Waals surface area contributed by atoms with E-state index in [-0.39, 0.29) is 18.8 Å². The van der Waals surface area contributed by atoms with E-state index in [4.69, 9.17) is 4.42 Å². The predicted octanol–water partition coefficient (Wildman–Crippen LogP) is 3.46. The van der Waals surface area contributed by atoms with E-state index in [1.165, 1.54) is 6.07 Å². The SMILES string of the molecule is CCNC(=NCc1ccccc1OC(F)F)NCC(C)(O)c1cc(C)oc1C. The number of hydrogen-bond acceptors (Lipinski definition) is 4. The average molecular weight is 395 g/mol. The number of aliphatic imine (C=N–C) groups is 1. The number of rotatable bonds is 8. The van der Waals surface area contributed by atoms with Crippen LogP contribution in [0.15, 0.2) is 39.7 Å². The van der Waals surface area contributed by atoms with Crippen molar-refractivity contribution in [1.29, 1.82) is 0 Å². The van der Waals surface area contributed by atoms with Gasteiger partial charge in [0.2, 0.25) is 0 Å². The molecule has 0 radical (unpaired) electrons. The molecule has 0 aliphatic heterocycles. The summed E-state index contributed by atoms with van der Waals surface area (Å²) in [5.74, 6) is 1.93. The molecular formula is C20H27F2N3O3. The van der Waals surface area contributed by atoms with Gasteiger partial charge in [-0.1, -0.05) is 18.2 Å². The van der Waals surface area contributed by atoms with E-state index >= 15 is 0 Å². The summed E-state index contributed by atoms with van der Waals surface area (Å²) in [7, 11) is 0. The van der Waals surface area contributed by atoms with Crippen LogP contribution < -0.4 is 15.4 Å². The second kappa shape index (κ2) is 9.54.